The van der Waals surface area contributed by atoms with Crippen LogP contribution in [0.2, 0.25) is 0 Å². The van der Waals surface area contributed by atoms with Gasteiger partial charge in [0.25, 0.3) is 0 Å². The number of hydrogen-bond acceptors (Lipinski definition) is 6. The number of carbonyl (C=O) groups excluding carboxylic acids is 3. The molecule has 0 aromatic heterocycles. The Balaban J connectivity index is 4.32. The summed E-state index contributed by atoms with van der Waals surface area (Å²) in [7, 11) is 0. The van der Waals surface area contributed by atoms with Crippen molar-refractivity contribution in [3.8, 4) is 0 Å². The highest BCUT2D eigenvalue weighted by molar-refractivity contribution is 5.71. The van der Waals surface area contributed by atoms with Gasteiger partial charge in [-0.25, -0.2) is 0 Å². The van der Waals surface area contributed by atoms with Crippen LogP contribution in [0.1, 0.15) is 329 Å². The van der Waals surface area contributed by atoms with E-state index in [0.29, 0.717) is 19.3 Å². The van der Waals surface area contributed by atoms with Crippen molar-refractivity contribution in [3.63, 3.8) is 0 Å². The van der Waals surface area contributed by atoms with Crippen molar-refractivity contribution in [2.75, 3.05) is 13.2 Å². The number of unbranched alkanes of at least 4 members (excludes halogenated alkanes) is 39. The van der Waals surface area contributed by atoms with Gasteiger partial charge >= 0.3 is 17.9 Å². The van der Waals surface area contributed by atoms with E-state index >= 15 is 0 Å². The van der Waals surface area contributed by atoms with Crippen LogP contribution in [0.4, 0.5) is 0 Å². The first kappa shape index (κ1) is 66.6. The van der Waals surface area contributed by atoms with Crippen molar-refractivity contribution in [3.05, 3.63) is 36.5 Å². The molecule has 0 amide bonds. The van der Waals surface area contributed by atoms with Gasteiger partial charge in [-0.05, 0) is 57.8 Å². The summed E-state index contributed by atoms with van der Waals surface area (Å²) in [4.78, 5) is 38.2. The minimum absolute atomic E-state index is 0.0824. The lowest BCUT2D eigenvalue weighted by Crippen LogP contribution is -2.30. The smallest absolute Gasteiger partial charge is 0.306 e. The van der Waals surface area contributed by atoms with Crippen LogP contribution < -0.4 is 0 Å². The third kappa shape index (κ3) is 56.4. The van der Waals surface area contributed by atoms with Crippen LogP contribution in [0.25, 0.3) is 0 Å². The highest BCUT2D eigenvalue weighted by Gasteiger charge is 2.19. The monoisotopic (exact) mass is 969 g/mol. The zero-order valence-electron chi connectivity index (χ0n) is 46.3. The summed E-state index contributed by atoms with van der Waals surface area (Å²) in [5.41, 5.74) is 0. The maximum Gasteiger partial charge on any atom is 0.306 e. The molecule has 0 heterocycles. The average molecular weight is 970 g/mol. The van der Waals surface area contributed by atoms with E-state index in [2.05, 4.69) is 57.2 Å². The molecule has 0 spiro atoms. The van der Waals surface area contributed by atoms with Crippen LogP contribution in [0, 0.1) is 0 Å². The number of allylic oxidation sites excluding steroid dienone is 6. The highest BCUT2D eigenvalue weighted by Crippen LogP contribution is 2.17. The van der Waals surface area contributed by atoms with Crippen LogP contribution >= 0.6 is 0 Å². The predicted molar refractivity (Wildman–Crippen MR) is 298 cm³/mol. The van der Waals surface area contributed by atoms with E-state index in [-0.39, 0.29) is 37.5 Å². The Morgan fingerprint density at radius 2 is 0.522 bits per heavy atom. The van der Waals surface area contributed by atoms with E-state index in [4.69, 9.17) is 14.2 Å². The summed E-state index contributed by atoms with van der Waals surface area (Å²) in [6, 6.07) is 0. The van der Waals surface area contributed by atoms with Crippen molar-refractivity contribution < 1.29 is 28.6 Å². The van der Waals surface area contributed by atoms with Crippen LogP contribution in [0.15, 0.2) is 36.5 Å². The first-order valence-electron chi connectivity index (χ1n) is 30.5. The van der Waals surface area contributed by atoms with Crippen molar-refractivity contribution in [1.82, 2.24) is 0 Å². The molecule has 69 heavy (non-hydrogen) atoms. The zero-order chi connectivity index (χ0) is 50.0. The minimum atomic E-state index is -0.788. The van der Waals surface area contributed by atoms with Crippen molar-refractivity contribution in [2.45, 2.75) is 335 Å². The predicted octanol–water partition coefficient (Wildman–Crippen LogP) is 20.4. The van der Waals surface area contributed by atoms with E-state index in [0.717, 1.165) is 64.2 Å². The Kier molecular flexibility index (Phi) is 56.2. The summed E-state index contributed by atoms with van der Waals surface area (Å²) in [5.74, 6) is -0.899. The van der Waals surface area contributed by atoms with E-state index in [1.807, 2.05) is 0 Å². The maximum absolute atomic E-state index is 12.8. The molecule has 1 atom stereocenters. The summed E-state index contributed by atoms with van der Waals surface area (Å²) in [6.07, 6.45) is 70.0. The summed E-state index contributed by atoms with van der Waals surface area (Å²) in [6.45, 7) is 6.63. The molecule has 6 nitrogen and oxygen atoms in total. The second-order valence-corrected chi connectivity index (χ2v) is 20.6. The molecule has 0 fully saturated rings. The molecule has 0 aliphatic rings. The van der Waals surface area contributed by atoms with Gasteiger partial charge in [0.2, 0.25) is 0 Å². The molecule has 0 bridgehead atoms. The number of carbonyl (C=O) groups is 3. The maximum atomic E-state index is 12.8. The molecule has 6 heteroatoms. The first-order valence-corrected chi connectivity index (χ1v) is 30.5. The SMILES string of the molecule is CCCCC/C=C\C/C=C\C/C=C\CCCCC(=O)O[C@@H](COC(=O)CCCCCCCCCCCCCCCCC)COC(=O)CCCCCCCCCCCCCCCCCCCCCCC. The molecule has 0 aromatic carbocycles. The highest BCUT2D eigenvalue weighted by atomic mass is 16.6. The molecule has 0 aromatic rings. The van der Waals surface area contributed by atoms with Gasteiger partial charge in [0.15, 0.2) is 6.10 Å². The van der Waals surface area contributed by atoms with Gasteiger partial charge in [0.05, 0.1) is 0 Å². The quantitative estimate of drug-likeness (QED) is 0.0261. The number of hydrogen-bond donors (Lipinski definition) is 0. The Labute approximate surface area is 429 Å². The Morgan fingerprint density at radius 3 is 0.841 bits per heavy atom. The largest absolute Gasteiger partial charge is 0.462 e. The van der Waals surface area contributed by atoms with E-state index in [1.165, 1.54) is 218 Å². The Morgan fingerprint density at radius 1 is 0.290 bits per heavy atom. The van der Waals surface area contributed by atoms with Gasteiger partial charge in [-0.1, -0.05) is 288 Å². The average Bonchev–Trinajstić information content (AvgIpc) is 3.35. The van der Waals surface area contributed by atoms with Crippen molar-refractivity contribution in [1.29, 1.82) is 0 Å². The third-order valence-corrected chi connectivity index (χ3v) is 13.6. The fourth-order valence-corrected chi connectivity index (χ4v) is 9.04. The molecule has 0 saturated heterocycles. The van der Waals surface area contributed by atoms with Crippen LogP contribution in [0.5, 0.6) is 0 Å². The lowest BCUT2D eigenvalue weighted by Gasteiger charge is -2.18. The lowest BCUT2D eigenvalue weighted by molar-refractivity contribution is -0.167. The second kappa shape index (κ2) is 58.2. The molecule has 0 aliphatic heterocycles. The summed E-state index contributed by atoms with van der Waals surface area (Å²) in [5, 5.41) is 0. The number of ether oxygens (including phenoxy) is 3. The van der Waals surface area contributed by atoms with Gasteiger partial charge in [-0.15, -0.1) is 0 Å². The molecule has 0 aliphatic carbocycles. The van der Waals surface area contributed by atoms with E-state index < -0.39 is 6.10 Å². The molecule has 0 N–H and O–H groups in total. The van der Waals surface area contributed by atoms with Crippen molar-refractivity contribution in [2.24, 2.45) is 0 Å². The van der Waals surface area contributed by atoms with Crippen LogP contribution in [-0.4, -0.2) is 37.2 Å². The molecule has 0 rings (SSSR count). The van der Waals surface area contributed by atoms with Gasteiger partial charge < -0.3 is 14.2 Å². The second-order valence-electron chi connectivity index (χ2n) is 20.6. The minimum Gasteiger partial charge on any atom is -0.462 e. The normalized spacial score (nSPS) is 12.2. The topological polar surface area (TPSA) is 78.9 Å². The van der Waals surface area contributed by atoms with Crippen molar-refractivity contribution >= 4 is 17.9 Å². The molecule has 0 saturated carbocycles. The van der Waals surface area contributed by atoms with E-state index in [9.17, 15) is 14.4 Å². The summed E-state index contributed by atoms with van der Waals surface area (Å²) < 4.78 is 16.9. The van der Waals surface area contributed by atoms with Crippen LogP contribution in [-0.2, 0) is 28.6 Å². The molecule has 404 valence electrons. The molecule has 0 unspecified atom stereocenters. The van der Waals surface area contributed by atoms with Gasteiger partial charge in [-0.2, -0.15) is 0 Å². The fraction of sp³-hybridized carbons (Fsp3) is 0.857. The Hall–Kier alpha value is -2.37. The summed E-state index contributed by atoms with van der Waals surface area (Å²) >= 11 is 0. The number of rotatable bonds is 56. The lowest BCUT2D eigenvalue weighted by atomic mass is 10.0. The van der Waals surface area contributed by atoms with Gasteiger partial charge in [0, 0.05) is 19.3 Å². The first-order chi connectivity index (χ1) is 34.0. The molecular weight excluding hydrogens is 853 g/mol. The third-order valence-electron chi connectivity index (χ3n) is 13.6. The number of esters is 3. The van der Waals surface area contributed by atoms with E-state index in [1.54, 1.807) is 0 Å². The molecular formula is C63H116O6. The Bertz CT molecular complexity index is 1160. The fourth-order valence-electron chi connectivity index (χ4n) is 9.04. The zero-order valence-corrected chi connectivity index (χ0v) is 46.3. The standard InChI is InChI=1S/C63H116O6/c1-4-7-10-13-16-19-22-25-28-29-30-31-32-33-36-38-41-44-47-50-53-56-62(65)68-59-60(69-63(66)57-54-51-48-45-42-39-35-27-24-21-18-15-12-9-6-3)58-67-61(64)55-52-49-46-43-40-37-34-26-23-20-17-14-11-8-5-2/h18,21,27,35,42,45,60H,4-17,19-20,22-26,28-34,36-41,43-44,46-59H2,1-3H3/b21-18-,35-27-,45-42-/t60-/m0/s1. The van der Waals surface area contributed by atoms with Gasteiger partial charge in [0.1, 0.15) is 13.2 Å². The molecule has 0 radical (unpaired) electrons. The van der Waals surface area contributed by atoms with Crippen LogP contribution in [0.3, 0.4) is 0 Å². The van der Waals surface area contributed by atoms with Gasteiger partial charge in [-0.3, -0.25) is 14.4 Å².